The fourth-order valence-electron chi connectivity index (χ4n) is 3.16. The van der Waals surface area contributed by atoms with Crippen molar-refractivity contribution in [2.45, 2.75) is 6.61 Å². The molecule has 0 bridgehead atoms. The number of rotatable bonds is 7. The third-order valence-corrected chi connectivity index (χ3v) is 6.60. The molecular formula is C25H17F2IN2O4S. The standard InChI is InChI=1S/C25H17F2IN2O4S/c26-17-7-4-15(5-8-17)14-34-21-9-6-16(10-20(21)28)11-22-24(32)30(25(33)35-22)13-23(31)29-19-3-1-2-18(27)12-19/h1-12H,13-14H2,(H,29,31)/b22-11+. The van der Waals surface area contributed by atoms with Crippen molar-refractivity contribution in [2.24, 2.45) is 0 Å². The second-order valence-electron chi connectivity index (χ2n) is 7.43. The highest BCUT2D eigenvalue weighted by Gasteiger charge is 2.36. The summed E-state index contributed by atoms with van der Waals surface area (Å²) < 4.78 is 32.9. The Morgan fingerprint density at radius 3 is 2.51 bits per heavy atom. The van der Waals surface area contributed by atoms with Gasteiger partial charge in [-0.05, 0) is 94.0 Å². The predicted molar refractivity (Wildman–Crippen MR) is 138 cm³/mol. The van der Waals surface area contributed by atoms with E-state index in [4.69, 9.17) is 4.74 Å². The van der Waals surface area contributed by atoms with Gasteiger partial charge in [-0.2, -0.15) is 0 Å². The van der Waals surface area contributed by atoms with Crippen molar-refractivity contribution < 1.29 is 27.9 Å². The quantitative estimate of drug-likeness (QED) is 0.271. The van der Waals surface area contributed by atoms with Crippen LogP contribution in [0.5, 0.6) is 5.75 Å². The highest BCUT2D eigenvalue weighted by atomic mass is 127. The van der Waals surface area contributed by atoms with Gasteiger partial charge in [0.05, 0.1) is 8.48 Å². The average Bonchev–Trinajstić information content (AvgIpc) is 3.07. The number of ether oxygens (including phenoxy) is 1. The molecule has 178 valence electrons. The fraction of sp³-hybridized carbons (Fsp3) is 0.0800. The number of hydrogen-bond acceptors (Lipinski definition) is 5. The normalized spacial score (nSPS) is 14.5. The van der Waals surface area contributed by atoms with Crippen LogP contribution in [0.15, 0.2) is 71.6 Å². The number of carbonyl (C=O) groups excluding carboxylic acids is 3. The van der Waals surface area contributed by atoms with Gasteiger partial charge in [0.2, 0.25) is 5.91 Å². The van der Waals surface area contributed by atoms with E-state index >= 15 is 0 Å². The van der Waals surface area contributed by atoms with Crippen molar-refractivity contribution in [3.05, 3.63) is 98.0 Å². The first kappa shape index (κ1) is 24.9. The molecule has 1 saturated heterocycles. The number of anilines is 1. The third-order valence-electron chi connectivity index (χ3n) is 4.84. The number of thioether (sulfide) groups is 1. The molecule has 0 radical (unpaired) electrons. The zero-order chi connectivity index (χ0) is 24.9. The molecule has 1 fully saturated rings. The van der Waals surface area contributed by atoms with Crippen LogP contribution >= 0.6 is 34.4 Å². The lowest BCUT2D eigenvalue weighted by molar-refractivity contribution is -0.127. The van der Waals surface area contributed by atoms with Gasteiger partial charge in [0.15, 0.2) is 0 Å². The van der Waals surface area contributed by atoms with Gasteiger partial charge in [0.25, 0.3) is 11.1 Å². The molecule has 6 nitrogen and oxygen atoms in total. The molecular weight excluding hydrogens is 589 g/mol. The number of imide groups is 1. The first-order valence-electron chi connectivity index (χ1n) is 10.3. The van der Waals surface area contributed by atoms with Gasteiger partial charge in [-0.25, -0.2) is 8.78 Å². The smallest absolute Gasteiger partial charge is 0.294 e. The van der Waals surface area contributed by atoms with Gasteiger partial charge >= 0.3 is 0 Å². The summed E-state index contributed by atoms with van der Waals surface area (Å²) >= 11 is 2.84. The lowest BCUT2D eigenvalue weighted by Gasteiger charge is -2.12. The zero-order valence-electron chi connectivity index (χ0n) is 18.0. The minimum absolute atomic E-state index is 0.185. The molecule has 10 heteroatoms. The van der Waals surface area contributed by atoms with Crippen molar-refractivity contribution in [1.82, 2.24) is 4.90 Å². The summed E-state index contributed by atoms with van der Waals surface area (Å²) in [7, 11) is 0. The fourth-order valence-corrected chi connectivity index (χ4v) is 4.70. The molecule has 0 unspecified atom stereocenters. The van der Waals surface area contributed by atoms with Crippen LogP contribution in [-0.2, 0) is 16.2 Å². The summed E-state index contributed by atoms with van der Waals surface area (Å²) in [5.74, 6) is -1.41. The Bertz CT molecular complexity index is 1330. The van der Waals surface area contributed by atoms with Crippen molar-refractivity contribution in [3.8, 4) is 5.75 Å². The molecule has 0 spiro atoms. The van der Waals surface area contributed by atoms with Crippen molar-refractivity contribution in [2.75, 3.05) is 11.9 Å². The topological polar surface area (TPSA) is 75.7 Å². The van der Waals surface area contributed by atoms with E-state index in [0.29, 0.717) is 11.3 Å². The molecule has 35 heavy (non-hydrogen) atoms. The van der Waals surface area contributed by atoms with Crippen LogP contribution in [0.1, 0.15) is 11.1 Å². The molecule has 1 N–H and O–H groups in total. The third kappa shape index (κ3) is 6.45. The predicted octanol–water partition coefficient (Wildman–Crippen LogP) is 5.82. The van der Waals surface area contributed by atoms with E-state index in [1.807, 2.05) is 0 Å². The maximum Gasteiger partial charge on any atom is 0.294 e. The molecule has 0 atom stereocenters. The van der Waals surface area contributed by atoms with Crippen LogP contribution in [0, 0.1) is 15.2 Å². The molecule has 1 aliphatic heterocycles. The van der Waals surface area contributed by atoms with Crippen LogP contribution in [-0.4, -0.2) is 28.5 Å². The Morgan fingerprint density at radius 2 is 1.80 bits per heavy atom. The molecule has 3 aromatic rings. The number of hydrogen-bond donors (Lipinski definition) is 1. The number of nitrogens with one attached hydrogen (secondary N) is 1. The van der Waals surface area contributed by atoms with Gasteiger partial charge in [0.1, 0.15) is 30.5 Å². The lowest BCUT2D eigenvalue weighted by Crippen LogP contribution is -2.36. The minimum Gasteiger partial charge on any atom is -0.488 e. The number of amides is 3. The van der Waals surface area contributed by atoms with Crippen molar-refractivity contribution >= 4 is 63.2 Å². The summed E-state index contributed by atoms with van der Waals surface area (Å²) in [5, 5.41) is 1.90. The van der Waals surface area contributed by atoms with E-state index in [1.54, 1.807) is 36.4 Å². The monoisotopic (exact) mass is 606 g/mol. The van der Waals surface area contributed by atoms with Crippen LogP contribution in [0.3, 0.4) is 0 Å². The summed E-state index contributed by atoms with van der Waals surface area (Å²) in [6, 6.07) is 16.6. The van der Waals surface area contributed by atoms with E-state index in [1.165, 1.54) is 30.3 Å². The van der Waals surface area contributed by atoms with Gasteiger partial charge in [0, 0.05) is 5.69 Å². The van der Waals surface area contributed by atoms with E-state index < -0.39 is 29.4 Å². The molecule has 1 heterocycles. The summed E-state index contributed by atoms with van der Waals surface area (Å²) in [5.41, 5.74) is 1.73. The van der Waals surface area contributed by atoms with Crippen molar-refractivity contribution in [3.63, 3.8) is 0 Å². The SMILES string of the molecule is O=C(CN1C(=O)S/C(=C/c2ccc(OCc3ccc(F)cc3)c(I)c2)C1=O)Nc1cccc(F)c1. The molecule has 4 rings (SSSR count). The van der Waals surface area contributed by atoms with Gasteiger partial charge in [-0.3, -0.25) is 19.3 Å². The zero-order valence-corrected chi connectivity index (χ0v) is 20.9. The lowest BCUT2D eigenvalue weighted by atomic mass is 10.2. The Morgan fingerprint density at radius 1 is 1.03 bits per heavy atom. The Labute approximate surface area is 217 Å². The maximum atomic E-state index is 13.3. The second kappa shape index (κ2) is 11.0. The minimum atomic E-state index is -0.614. The number of halogens is 3. The summed E-state index contributed by atoms with van der Waals surface area (Å²) in [6.45, 7) is -0.210. The van der Waals surface area contributed by atoms with Gasteiger partial charge in [-0.1, -0.05) is 24.3 Å². The van der Waals surface area contributed by atoms with Crippen LogP contribution < -0.4 is 10.1 Å². The molecule has 3 amide bonds. The molecule has 0 aliphatic carbocycles. The first-order valence-corrected chi connectivity index (χ1v) is 12.2. The van der Waals surface area contributed by atoms with Gasteiger partial charge < -0.3 is 10.1 Å². The Kier molecular flexibility index (Phi) is 7.81. The largest absolute Gasteiger partial charge is 0.488 e. The molecule has 1 aliphatic rings. The van der Waals surface area contributed by atoms with E-state index in [0.717, 1.165) is 31.9 Å². The van der Waals surface area contributed by atoms with Crippen LogP contribution in [0.25, 0.3) is 6.08 Å². The second-order valence-corrected chi connectivity index (χ2v) is 9.59. The van der Waals surface area contributed by atoms with Gasteiger partial charge in [-0.15, -0.1) is 0 Å². The van der Waals surface area contributed by atoms with E-state index in [2.05, 4.69) is 27.9 Å². The highest BCUT2D eigenvalue weighted by Crippen LogP contribution is 2.33. The summed E-state index contributed by atoms with van der Waals surface area (Å²) in [6.07, 6.45) is 1.57. The van der Waals surface area contributed by atoms with Crippen LogP contribution in [0.4, 0.5) is 19.3 Å². The number of carbonyl (C=O) groups is 3. The van der Waals surface area contributed by atoms with Crippen LogP contribution in [0.2, 0.25) is 0 Å². The molecule has 3 aromatic carbocycles. The Hall–Kier alpha value is -3.25. The van der Waals surface area contributed by atoms with Crippen molar-refractivity contribution in [1.29, 1.82) is 0 Å². The maximum absolute atomic E-state index is 13.3. The number of benzene rings is 3. The van der Waals surface area contributed by atoms with E-state index in [-0.39, 0.29) is 23.0 Å². The highest BCUT2D eigenvalue weighted by molar-refractivity contribution is 14.1. The average molecular weight is 606 g/mol. The first-order chi connectivity index (χ1) is 16.8. The molecule has 0 aromatic heterocycles. The Balaban J connectivity index is 1.39. The van der Waals surface area contributed by atoms with E-state index in [9.17, 15) is 23.2 Å². The molecule has 0 saturated carbocycles. The summed E-state index contributed by atoms with van der Waals surface area (Å²) in [4.78, 5) is 38.3. The number of nitrogens with zero attached hydrogens (tertiary/aromatic N) is 1.